The number of hydrogen-bond donors (Lipinski definition) is 2. The van der Waals surface area contributed by atoms with Crippen LogP contribution in [-0.2, 0) is 0 Å². The lowest BCUT2D eigenvalue weighted by atomic mass is 10.3. The lowest BCUT2D eigenvalue weighted by Gasteiger charge is -2.21. The number of rotatable bonds is 3. The summed E-state index contributed by atoms with van der Waals surface area (Å²) in [6.07, 6.45) is 1.18. The Kier molecular flexibility index (Phi) is 5.45. The molecule has 0 aromatic rings. The molecule has 0 aromatic carbocycles. The van der Waals surface area contributed by atoms with Crippen molar-refractivity contribution in [2.45, 2.75) is 19.4 Å². The molecule has 1 atom stereocenters. The van der Waals surface area contributed by atoms with Crippen LogP contribution in [0, 0.1) is 0 Å². The molecule has 1 aliphatic heterocycles. The molecule has 0 spiro atoms. The van der Waals surface area contributed by atoms with Crippen LogP contribution in [0.2, 0.25) is 0 Å². The fraction of sp³-hybridized carbons (Fsp3) is 0.800. The number of aliphatic imine (C=N–C) groups is 1. The van der Waals surface area contributed by atoms with Crippen LogP contribution in [0.4, 0.5) is 4.79 Å². The van der Waals surface area contributed by atoms with E-state index in [1.165, 1.54) is 11.3 Å². The average molecular weight is 244 g/mol. The van der Waals surface area contributed by atoms with Crippen LogP contribution in [0.1, 0.15) is 13.3 Å². The summed E-state index contributed by atoms with van der Waals surface area (Å²) in [6, 6.07) is 0.439. The molecular weight excluding hydrogens is 224 g/mol. The number of nitrogens with zero attached hydrogens (tertiary/aromatic N) is 2. The van der Waals surface area contributed by atoms with Gasteiger partial charge in [0.2, 0.25) is 0 Å². The molecule has 16 heavy (non-hydrogen) atoms. The number of hydrogen-bond acceptors (Lipinski definition) is 3. The van der Waals surface area contributed by atoms with Gasteiger partial charge in [-0.05, 0) is 13.3 Å². The van der Waals surface area contributed by atoms with Crippen LogP contribution in [0.25, 0.3) is 0 Å². The van der Waals surface area contributed by atoms with E-state index in [1.807, 2.05) is 0 Å². The molecule has 0 aromatic heterocycles. The molecule has 2 amide bonds. The van der Waals surface area contributed by atoms with Gasteiger partial charge in [0.05, 0.1) is 6.54 Å². The summed E-state index contributed by atoms with van der Waals surface area (Å²) in [5.74, 6) is 1.12. The van der Waals surface area contributed by atoms with Crippen LogP contribution >= 0.6 is 11.8 Å². The molecule has 5 nitrogen and oxygen atoms in total. The van der Waals surface area contributed by atoms with Crippen molar-refractivity contribution in [1.82, 2.24) is 15.5 Å². The standard InChI is InChI=1S/C10H20N4OS/c1-8-4-7-16-9(13-8)11-5-6-12-10(15)14(2)3/h8H,4-7H2,1-3H3,(H,11,13)(H,12,15). The van der Waals surface area contributed by atoms with Gasteiger partial charge in [0, 0.05) is 32.4 Å². The lowest BCUT2D eigenvalue weighted by molar-refractivity contribution is 0.218. The molecule has 0 aliphatic carbocycles. The average Bonchev–Trinajstić information content (AvgIpc) is 2.24. The van der Waals surface area contributed by atoms with Gasteiger partial charge in [0.15, 0.2) is 5.17 Å². The number of amides is 2. The molecule has 6 heteroatoms. The van der Waals surface area contributed by atoms with Gasteiger partial charge in [-0.25, -0.2) is 4.79 Å². The maximum absolute atomic E-state index is 11.2. The summed E-state index contributed by atoms with van der Waals surface area (Å²) in [5, 5.41) is 7.09. The Bertz CT molecular complexity index is 268. The lowest BCUT2D eigenvalue weighted by Crippen LogP contribution is -2.37. The third kappa shape index (κ3) is 4.74. The van der Waals surface area contributed by atoms with Crippen LogP contribution in [0.3, 0.4) is 0 Å². The largest absolute Gasteiger partial charge is 0.362 e. The van der Waals surface area contributed by atoms with E-state index in [0.29, 0.717) is 19.1 Å². The molecule has 1 heterocycles. The number of urea groups is 1. The summed E-state index contributed by atoms with van der Waals surface area (Å²) in [6.45, 7) is 3.36. The Labute approximate surface area is 101 Å². The maximum Gasteiger partial charge on any atom is 0.316 e. The summed E-state index contributed by atoms with van der Waals surface area (Å²) in [5.41, 5.74) is 0. The zero-order valence-electron chi connectivity index (χ0n) is 10.1. The zero-order chi connectivity index (χ0) is 12.0. The molecule has 1 unspecified atom stereocenters. The summed E-state index contributed by atoms with van der Waals surface area (Å²) < 4.78 is 0. The molecule has 2 N–H and O–H groups in total. The van der Waals surface area contributed by atoms with Gasteiger partial charge in [-0.15, -0.1) is 0 Å². The predicted molar refractivity (Wildman–Crippen MR) is 69.1 cm³/mol. The molecule has 0 radical (unpaired) electrons. The number of amidine groups is 1. The minimum absolute atomic E-state index is 0.0715. The Hall–Kier alpha value is -0.910. The quantitative estimate of drug-likeness (QED) is 0.720. The van der Waals surface area contributed by atoms with Crippen LogP contribution < -0.4 is 10.6 Å². The Morgan fingerprint density at radius 3 is 3.06 bits per heavy atom. The highest BCUT2D eigenvalue weighted by Gasteiger charge is 2.12. The molecular formula is C10H20N4OS. The van der Waals surface area contributed by atoms with Crippen molar-refractivity contribution in [2.75, 3.05) is 32.9 Å². The van der Waals surface area contributed by atoms with Crippen molar-refractivity contribution < 1.29 is 4.79 Å². The van der Waals surface area contributed by atoms with E-state index in [9.17, 15) is 4.79 Å². The van der Waals surface area contributed by atoms with Crippen molar-refractivity contribution in [3.05, 3.63) is 0 Å². The van der Waals surface area contributed by atoms with Gasteiger partial charge in [-0.1, -0.05) is 11.8 Å². The summed E-state index contributed by atoms with van der Waals surface area (Å²) in [4.78, 5) is 17.1. The van der Waals surface area contributed by atoms with E-state index in [1.54, 1.807) is 25.9 Å². The first-order valence-electron chi connectivity index (χ1n) is 5.48. The van der Waals surface area contributed by atoms with Crippen LogP contribution in [0.5, 0.6) is 0 Å². The summed E-state index contributed by atoms with van der Waals surface area (Å²) in [7, 11) is 3.45. The third-order valence-corrected chi connectivity index (χ3v) is 3.17. The van der Waals surface area contributed by atoms with E-state index in [2.05, 4.69) is 22.5 Å². The van der Waals surface area contributed by atoms with Gasteiger partial charge < -0.3 is 15.5 Å². The molecule has 1 aliphatic rings. The topological polar surface area (TPSA) is 56.7 Å². The highest BCUT2D eigenvalue weighted by Crippen LogP contribution is 2.12. The Morgan fingerprint density at radius 2 is 2.44 bits per heavy atom. The minimum Gasteiger partial charge on any atom is -0.362 e. The van der Waals surface area contributed by atoms with Crippen LogP contribution in [0.15, 0.2) is 4.99 Å². The van der Waals surface area contributed by atoms with E-state index >= 15 is 0 Å². The second-order valence-electron chi connectivity index (χ2n) is 4.00. The predicted octanol–water partition coefficient (Wildman–Crippen LogP) is 0.729. The highest BCUT2D eigenvalue weighted by molar-refractivity contribution is 8.13. The molecule has 0 saturated carbocycles. The van der Waals surface area contributed by atoms with Crippen molar-refractivity contribution in [3.8, 4) is 0 Å². The van der Waals surface area contributed by atoms with E-state index in [0.717, 1.165) is 10.9 Å². The van der Waals surface area contributed by atoms with Crippen LogP contribution in [-0.4, -0.2) is 55.1 Å². The van der Waals surface area contributed by atoms with Gasteiger partial charge in [0.1, 0.15) is 0 Å². The van der Waals surface area contributed by atoms with Gasteiger partial charge >= 0.3 is 6.03 Å². The van der Waals surface area contributed by atoms with E-state index in [4.69, 9.17) is 0 Å². The second kappa shape index (κ2) is 6.62. The van der Waals surface area contributed by atoms with Crippen molar-refractivity contribution >= 4 is 23.0 Å². The van der Waals surface area contributed by atoms with Gasteiger partial charge in [0.25, 0.3) is 0 Å². The van der Waals surface area contributed by atoms with Crippen molar-refractivity contribution in [1.29, 1.82) is 0 Å². The van der Waals surface area contributed by atoms with Crippen molar-refractivity contribution in [3.63, 3.8) is 0 Å². The number of nitrogens with one attached hydrogen (secondary N) is 2. The molecule has 1 rings (SSSR count). The molecule has 1 fully saturated rings. The van der Waals surface area contributed by atoms with E-state index in [-0.39, 0.29) is 6.03 Å². The Balaban J connectivity index is 2.18. The van der Waals surface area contributed by atoms with Crippen molar-refractivity contribution in [2.24, 2.45) is 4.99 Å². The smallest absolute Gasteiger partial charge is 0.316 e. The van der Waals surface area contributed by atoms with E-state index < -0.39 is 0 Å². The first-order chi connectivity index (χ1) is 7.59. The fourth-order valence-electron chi connectivity index (χ4n) is 1.23. The molecule has 92 valence electrons. The molecule has 1 saturated heterocycles. The molecule has 0 bridgehead atoms. The minimum atomic E-state index is -0.0715. The maximum atomic E-state index is 11.2. The highest BCUT2D eigenvalue weighted by atomic mass is 32.2. The first kappa shape index (κ1) is 13.2. The zero-order valence-corrected chi connectivity index (χ0v) is 10.9. The number of carbonyl (C=O) groups is 1. The van der Waals surface area contributed by atoms with Gasteiger partial charge in [-0.3, -0.25) is 4.99 Å². The first-order valence-corrected chi connectivity index (χ1v) is 6.47. The second-order valence-corrected chi connectivity index (χ2v) is 5.08. The third-order valence-electron chi connectivity index (χ3n) is 2.21. The number of thioether (sulfide) groups is 1. The number of carbonyl (C=O) groups excluding carboxylic acids is 1. The SMILES string of the molecule is CC1CCSC(=NCCNC(=O)N(C)C)N1. The van der Waals surface area contributed by atoms with Gasteiger partial charge in [-0.2, -0.15) is 0 Å². The summed E-state index contributed by atoms with van der Waals surface area (Å²) >= 11 is 1.75. The Morgan fingerprint density at radius 1 is 1.69 bits per heavy atom. The normalized spacial score (nSPS) is 22.7. The fourth-order valence-corrected chi connectivity index (χ4v) is 2.36. The monoisotopic (exact) mass is 244 g/mol.